The molecule has 8 nitrogen and oxygen atoms in total. The molecule has 3 aliphatic heterocycles. The lowest BCUT2D eigenvalue weighted by Gasteiger charge is -2.44. The van der Waals surface area contributed by atoms with Gasteiger partial charge in [-0.1, -0.05) is 115 Å². The van der Waals surface area contributed by atoms with Crippen LogP contribution in [0.4, 0.5) is 16.2 Å². The third kappa shape index (κ3) is 6.35. The number of imide groups is 2. The Morgan fingerprint density at radius 3 is 2.05 bits per heavy atom. The second kappa shape index (κ2) is 14.7. The summed E-state index contributed by atoms with van der Waals surface area (Å²) in [5, 5.41) is 4.83. The predicted octanol–water partition coefficient (Wildman–Crippen LogP) is 9.62. The molecule has 3 heterocycles. The largest absolute Gasteiger partial charge is 0.493 e. The Morgan fingerprint density at radius 1 is 0.768 bits per heavy atom. The van der Waals surface area contributed by atoms with Crippen molar-refractivity contribution in [1.82, 2.24) is 5.32 Å². The highest BCUT2D eigenvalue weighted by atomic mass is 35.5. The number of urea groups is 1. The first-order valence-corrected chi connectivity index (χ1v) is 19.2. The van der Waals surface area contributed by atoms with Crippen molar-refractivity contribution in [2.45, 2.75) is 31.3 Å². The number of methoxy groups -OCH3 is 1. The Balaban J connectivity index is 1.09. The van der Waals surface area contributed by atoms with E-state index in [9.17, 15) is 14.4 Å². The van der Waals surface area contributed by atoms with E-state index in [0.717, 1.165) is 64.0 Å². The number of rotatable bonds is 8. The fraction of sp³-hybridized carbons (Fsp3) is 0.170. The van der Waals surface area contributed by atoms with Crippen LogP contribution in [0.15, 0.2) is 133 Å². The van der Waals surface area contributed by atoms with Crippen molar-refractivity contribution in [3.8, 4) is 11.5 Å². The molecule has 56 heavy (non-hydrogen) atoms. The maximum Gasteiger partial charge on any atom is 0.335 e. The number of barbiturate groups is 1. The summed E-state index contributed by atoms with van der Waals surface area (Å²) in [4.78, 5) is 45.1. The molecule has 0 bridgehead atoms. The normalized spacial score (nSPS) is 18.5. The van der Waals surface area contributed by atoms with Gasteiger partial charge in [0.15, 0.2) is 11.5 Å². The molecule has 0 aromatic heterocycles. The lowest BCUT2D eigenvalue weighted by Crippen LogP contribution is -2.54. The lowest BCUT2D eigenvalue weighted by molar-refractivity contribution is -0.122. The van der Waals surface area contributed by atoms with Gasteiger partial charge in [-0.2, -0.15) is 0 Å². The molecule has 0 saturated carbocycles. The van der Waals surface area contributed by atoms with Crippen molar-refractivity contribution < 1.29 is 23.9 Å². The van der Waals surface area contributed by atoms with Gasteiger partial charge in [0, 0.05) is 30.6 Å². The van der Waals surface area contributed by atoms with Crippen molar-refractivity contribution in [1.29, 1.82) is 0 Å². The number of halogens is 1. The van der Waals surface area contributed by atoms with E-state index >= 15 is 0 Å². The van der Waals surface area contributed by atoms with E-state index in [4.69, 9.17) is 21.1 Å². The minimum absolute atomic E-state index is 0.0613. The number of benzene rings is 6. The molecule has 0 spiro atoms. The zero-order chi connectivity index (χ0) is 38.3. The van der Waals surface area contributed by atoms with E-state index in [2.05, 4.69) is 34.5 Å². The fourth-order valence-electron chi connectivity index (χ4n) is 8.56. The molecule has 1 N–H and O–H groups in total. The molecule has 2 atom stereocenters. The van der Waals surface area contributed by atoms with Crippen LogP contribution >= 0.6 is 11.6 Å². The van der Waals surface area contributed by atoms with Gasteiger partial charge in [-0.15, -0.1) is 0 Å². The second-order valence-electron chi connectivity index (χ2n) is 14.4. The Hall–Kier alpha value is -6.38. The maximum absolute atomic E-state index is 14.4. The molecular weight excluding hydrogens is 722 g/mol. The third-order valence-corrected chi connectivity index (χ3v) is 11.5. The molecule has 9 rings (SSSR count). The Bertz CT molecular complexity index is 2480. The van der Waals surface area contributed by atoms with Gasteiger partial charge in [0.05, 0.1) is 17.8 Å². The van der Waals surface area contributed by atoms with Crippen molar-refractivity contribution in [2.24, 2.45) is 0 Å². The molecule has 9 heteroatoms. The van der Waals surface area contributed by atoms with Gasteiger partial charge in [0.2, 0.25) is 0 Å². The van der Waals surface area contributed by atoms with Crippen LogP contribution in [0.3, 0.4) is 0 Å². The first-order valence-electron chi connectivity index (χ1n) is 18.8. The number of nitrogens with zero attached hydrogens (tertiary/aromatic N) is 2. The van der Waals surface area contributed by atoms with E-state index in [0.29, 0.717) is 22.7 Å². The van der Waals surface area contributed by atoms with Crippen LogP contribution in [0, 0.1) is 0 Å². The Labute approximate surface area is 329 Å². The Kier molecular flexibility index (Phi) is 9.27. The van der Waals surface area contributed by atoms with Crippen LogP contribution in [0.2, 0.25) is 5.02 Å². The van der Waals surface area contributed by atoms with Gasteiger partial charge in [-0.05, 0) is 87.3 Å². The molecule has 4 amide bonds. The monoisotopic (exact) mass is 759 g/mol. The molecule has 3 aliphatic rings. The van der Waals surface area contributed by atoms with E-state index in [1.807, 2.05) is 91.0 Å². The van der Waals surface area contributed by atoms with Crippen LogP contribution in [-0.4, -0.2) is 38.0 Å². The predicted molar refractivity (Wildman–Crippen MR) is 220 cm³/mol. The zero-order valence-corrected chi connectivity index (χ0v) is 31.5. The van der Waals surface area contributed by atoms with Crippen molar-refractivity contribution in [3.05, 3.63) is 171 Å². The minimum Gasteiger partial charge on any atom is -0.493 e. The van der Waals surface area contributed by atoms with Gasteiger partial charge < -0.3 is 14.4 Å². The number of amides is 4. The average molecular weight is 760 g/mol. The summed E-state index contributed by atoms with van der Waals surface area (Å²) >= 11 is 6.79. The summed E-state index contributed by atoms with van der Waals surface area (Å²) in [5.74, 6) is -0.736. The van der Waals surface area contributed by atoms with Gasteiger partial charge in [-0.25, -0.2) is 9.69 Å². The molecule has 0 aliphatic carbocycles. The number of fused-ring (bicyclic) bond motifs is 1. The van der Waals surface area contributed by atoms with Gasteiger partial charge >= 0.3 is 6.03 Å². The smallest absolute Gasteiger partial charge is 0.335 e. The van der Waals surface area contributed by atoms with Gasteiger partial charge in [-0.3, -0.25) is 14.9 Å². The zero-order valence-electron chi connectivity index (χ0n) is 30.7. The van der Waals surface area contributed by atoms with Crippen LogP contribution < -0.4 is 24.6 Å². The maximum atomic E-state index is 14.4. The van der Waals surface area contributed by atoms with Gasteiger partial charge in [0.25, 0.3) is 11.8 Å². The number of anilines is 2. The summed E-state index contributed by atoms with van der Waals surface area (Å²) in [5.41, 5.74) is 7.26. The number of nitrogens with one attached hydrogen (secondary N) is 1. The molecule has 0 radical (unpaired) electrons. The highest BCUT2D eigenvalue weighted by Crippen LogP contribution is 2.50. The SMILES string of the molecule is COc1cc(/C=C2\C(=O)NC(=O)N(c3cc4c5c(c3)[C@H](c3ccccc3)CCN5CC[C@H]4c3ccccc3)C2=O)cc(Cl)c1OCc1cccc2ccccc12. The minimum atomic E-state index is -0.798. The fourth-order valence-corrected chi connectivity index (χ4v) is 8.83. The van der Waals surface area contributed by atoms with E-state index < -0.39 is 17.8 Å². The second-order valence-corrected chi connectivity index (χ2v) is 14.8. The number of carbonyl (C=O) groups is 3. The van der Waals surface area contributed by atoms with Crippen LogP contribution in [0.5, 0.6) is 11.5 Å². The number of carbonyl (C=O) groups excluding carboxylic acids is 3. The van der Waals surface area contributed by atoms with Gasteiger partial charge in [0.1, 0.15) is 12.2 Å². The molecule has 1 saturated heterocycles. The molecule has 6 aromatic rings. The summed E-state index contributed by atoms with van der Waals surface area (Å²) in [6.07, 6.45) is 3.22. The summed E-state index contributed by atoms with van der Waals surface area (Å²) < 4.78 is 11.9. The molecule has 6 aromatic carbocycles. The number of hydrogen-bond acceptors (Lipinski definition) is 6. The standard InChI is InChI=1S/C47H38ClN3O5/c1-55-42-25-29(24-41(48)44(42)56-28-33-17-10-16-30-15-8-9-18-35(30)33)23-40-45(52)49-47(54)51(46(40)53)34-26-38-36(31-11-4-2-5-12-31)19-21-50-22-20-37(39(27-34)43(38)50)32-13-6-3-7-14-32/h2-18,23-27,36-37H,19-22,28H2,1H3,(H,49,52,54)/b40-23+/t36-,37-/m0/s1. The average Bonchev–Trinajstić information content (AvgIpc) is 3.22. The lowest BCUT2D eigenvalue weighted by atomic mass is 9.76. The van der Waals surface area contributed by atoms with E-state index in [-0.39, 0.29) is 29.0 Å². The van der Waals surface area contributed by atoms with E-state index in [1.54, 1.807) is 12.1 Å². The van der Waals surface area contributed by atoms with E-state index in [1.165, 1.54) is 24.3 Å². The third-order valence-electron chi connectivity index (χ3n) is 11.2. The van der Waals surface area contributed by atoms with Crippen LogP contribution in [-0.2, 0) is 16.2 Å². The number of hydrogen-bond donors (Lipinski definition) is 1. The molecule has 0 unspecified atom stereocenters. The van der Waals surface area contributed by atoms with Crippen molar-refractivity contribution in [2.75, 3.05) is 30.0 Å². The van der Waals surface area contributed by atoms with Crippen molar-refractivity contribution >= 4 is 57.7 Å². The van der Waals surface area contributed by atoms with Crippen molar-refractivity contribution in [3.63, 3.8) is 0 Å². The Morgan fingerprint density at radius 2 is 1.39 bits per heavy atom. The van der Waals surface area contributed by atoms with Crippen LogP contribution in [0.1, 0.15) is 58.1 Å². The molecular formula is C47H38ClN3O5. The molecule has 278 valence electrons. The highest BCUT2D eigenvalue weighted by Gasteiger charge is 2.40. The molecule has 1 fully saturated rings. The highest BCUT2D eigenvalue weighted by molar-refractivity contribution is 6.39. The first-order chi connectivity index (χ1) is 27.4. The summed E-state index contributed by atoms with van der Waals surface area (Å²) in [6, 6.07) is 41.2. The van der Waals surface area contributed by atoms with Crippen LogP contribution in [0.25, 0.3) is 16.8 Å². The summed E-state index contributed by atoms with van der Waals surface area (Å²) in [6.45, 7) is 2.06. The summed E-state index contributed by atoms with van der Waals surface area (Å²) in [7, 11) is 1.50. The topological polar surface area (TPSA) is 88.2 Å². The first kappa shape index (κ1) is 35.3. The number of ether oxygens (including phenoxy) is 2. The quantitative estimate of drug-likeness (QED) is 0.123.